The lowest BCUT2D eigenvalue weighted by Gasteiger charge is -2.08. The van der Waals surface area contributed by atoms with Crippen LogP contribution < -0.4 is 5.73 Å². The number of hydrogen-bond acceptors (Lipinski definition) is 3. The smallest absolute Gasteiger partial charge is 0.0405 e. The Morgan fingerprint density at radius 1 is 1.27 bits per heavy atom. The van der Waals surface area contributed by atoms with Crippen molar-refractivity contribution < 1.29 is 8.76 Å². The fourth-order valence-corrected chi connectivity index (χ4v) is 2.34. The molecule has 0 fully saturated rings. The van der Waals surface area contributed by atoms with E-state index in [4.69, 9.17) is 5.73 Å². The van der Waals surface area contributed by atoms with E-state index in [1.165, 1.54) is 6.07 Å². The quantitative estimate of drug-likeness (QED) is 0.646. The number of halogens is 1. The van der Waals surface area contributed by atoms with Crippen LogP contribution in [0.15, 0.2) is 39.7 Å². The Bertz CT molecular complexity index is 556. The lowest BCUT2D eigenvalue weighted by molar-refractivity contribution is 0.537. The number of anilines is 1. The van der Waals surface area contributed by atoms with Crippen molar-refractivity contribution in [3.05, 3.63) is 34.8 Å². The van der Waals surface area contributed by atoms with Gasteiger partial charge in [0.15, 0.2) is 0 Å². The largest absolute Gasteiger partial charge is 0.768 e. The summed E-state index contributed by atoms with van der Waals surface area (Å²) in [6, 6.07) is 8.47. The maximum absolute atomic E-state index is 10.8. The van der Waals surface area contributed by atoms with E-state index >= 15 is 0 Å². The zero-order valence-corrected chi connectivity index (χ0v) is 9.97. The second kappa shape index (κ2) is 3.92. The predicted octanol–water partition coefficient (Wildman–Crippen LogP) is 2.42. The van der Waals surface area contributed by atoms with Gasteiger partial charge in [-0.15, -0.1) is 0 Å². The van der Waals surface area contributed by atoms with Crippen molar-refractivity contribution in [3.63, 3.8) is 0 Å². The maximum atomic E-state index is 10.8. The van der Waals surface area contributed by atoms with Gasteiger partial charge in [-0.2, -0.15) is 0 Å². The van der Waals surface area contributed by atoms with Crippen molar-refractivity contribution in [2.45, 2.75) is 4.90 Å². The van der Waals surface area contributed by atoms with E-state index in [1.807, 2.05) is 6.07 Å². The summed E-state index contributed by atoms with van der Waals surface area (Å²) in [4.78, 5) is 0.264. The Morgan fingerprint density at radius 3 is 2.67 bits per heavy atom. The lowest BCUT2D eigenvalue weighted by atomic mass is 10.1. The highest BCUT2D eigenvalue weighted by atomic mass is 79.9. The van der Waals surface area contributed by atoms with Gasteiger partial charge in [0.2, 0.25) is 0 Å². The molecule has 1 atom stereocenters. The molecule has 3 nitrogen and oxygen atoms in total. The summed E-state index contributed by atoms with van der Waals surface area (Å²) < 4.78 is 22.4. The van der Waals surface area contributed by atoms with Gasteiger partial charge in [0, 0.05) is 20.4 Å². The molecule has 0 radical (unpaired) electrons. The van der Waals surface area contributed by atoms with E-state index in [9.17, 15) is 8.76 Å². The summed E-state index contributed by atoms with van der Waals surface area (Å²) in [5, 5.41) is 1.66. The van der Waals surface area contributed by atoms with Gasteiger partial charge in [0.25, 0.3) is 0 Å². The molecule has 78 valence electrons. The summed E-state index contributed by atoms with van der Waals surface area (Å²) in [7, 11) is 0. The molecule has 0 saturated heterocycles. The van der Waals surface area contributed by atoms with Crippen LogP contribution in [0.2, 0.25) is 0 Å². The minimum absolute atomic E-state index is 0.264. The number of nitrogens with two attached hydrogens (primary N) is 1. The molecule has 0 saturated carbocycles. The number of nitrogen functional groups attached to an aromatic ring is 1. The number of fused-ring (bicyclic) bond motifs is 1. The standard InChI is InChI=1S/C10H8BrNO2S/c11-7-3-6-4-8(15(13)14)1-2-9(6)10(12)5-7/h1-5H,12H2,(H,13,14)/p-1. The van der Waals surface area contributed by atoms with Gasteiger partial charge in [-0.05, 0) is 40.7 Å². The van der Waals surface area contributed by atoms with Crippen molar-refractivity contribution >= 4 is 43.5 Å². The summed E-state index contributed by atoms with van der Waals surface area (Å²) in [6.45, 7) is 0. The van der Waals surface area contributed by atoms with Gasteiger partial charge >= 0.3 is 0 Å². The molecular weight excluding hydrogens is 278 g/mol. The van der Waals surface area contributed by atoms with E-state index in [2.05, 4.69) is 15.9 Å². The molecule has 2 aromatic rings. The molecular formula is C10H7BrNO2S-. The van der Waals surface area contributed by atoms with Gasteiger partial charge in [-0.25, -0.2) is 0 Å². The number of rotatable bonds is 1. The Hall–Kier alpha value is -0.910. The van der Waals surface area contributed by atoms with Gasteiger partial charge in [-0.1, -0.05) is 22.0 Å². The summed E-state index contributed by atoms with van der Waals surface area (Å²) in [5.41, 5.74) is 6.43. The first kappa shape index (κ1) is 10.6. The van der Waals surface area contributed by atoms with Crippen LogP contribution in [0.3, 0.4) is 0 Å². The molecule has 0 aliphatic heterocycles. The van der Waals surface area contributed by atoms with Crippen LogP contribution in [-0.4, -0.2) is 8.76 Å². The third kappa shape index (κ3) is 2.04. The minimum Gasteiger partial charge on any atom is -0.768 e. The monoisotopic (exact) mass is 284 g/mol. The van der Waals surface area contributed by atoms with Crippen LogP contribution in [-0.2, 0) is 11.1 Å². The van der Waals surface area contributed by atoms with Crippen LogP contribution in [0.25, 0.3) is 10.8 Å². The molecule has 0 aromatic heterocycles. The van der Waals surface area contributed by atoms with Crippen molar-refractivity contribution in [1.29, 1.82) is 0 Å². The Labute approximate surface area is 97.7 Å². The van der Waals surface area contributed by atoms with E-state index in [0.29, 0.717) is 5.69 Å². The molecule has 2 aromatic carbocycles. The average molecular weight is 285 g/mol. The van der Waals surface area contributed by atoms with Crippen LogP contribution in [0.4, 0.5) is 5.69 Å². The van der Waals surface area contributed by atoms with E-state index in [1.54, 1.807) is 18.2 Å². The third-order valence-electron chi connectivity index (χ3n) is 2.11. The van der Waals surface area contributed by atoms with Crippen LogP contribution >= 0.6 is 15.9 Å². The second-order valence-electron chi connectivity index (χ2n) is 3.11. The van der Waals surface area contributed by atoms with Crippen molar-refractivity contribution in [2.75, 3.05) is 5.73 Å². The predicted molar refractivity (Wildman–Crippen MR) is 63.2 cm³/mol. The van der Waals surface area contributed by atoms with E-state index in [0.717, 1.165) is 15.2 Å². The fraction of sp³-hybridized carbons (Fsp3) is 0. The first-order chi connectivity index (χ1) is 7.08. The highest BCUT2D eigenvalue weighted by molar-refractivity contribution is 9.10. The van der Waals surface area contributed by atoms with Crippen LogP contribution in [0, 0.1) is 0 Å². The normalized spacial score (nSPS) is 12.9. The Morgan fingerprint density at radius 2 is 2.00 bits per heavy atom. The Kier molecular flexibility index (Phi) is 2.77. The average Bonchev–Trinajstić information content (AvgIpc) is 2.16. The molecule has 0 aliphatic rings. The number of benzene rings is 2. The highest BCUT2D eigenvalue weighted by Crippen LogP contribution is 2.27. The minimum atomic E-state index is -2.20. The SMILES string of the molecule is Nc1cc(Br)cc2cc(S(=O)[O-])ccc12. The molecule has 0 heterocycles. The van der Waals surface area contributed by atoms with Gasteiger partial charge in [0.1, 0.15) is 0 Å². The van der Waals surface area contributed by atoms with Gasteiger partial charge < -0.3 is 10.3 Å². The van der Waals surface area contributed by atoms with E-state index in [-0.39, 0.29) is 4.90 Å². The summed E-state index contributed by atoms with van der Waals surface area (Å²) in [5.74, 6) is 0. The number of hydrogen-bond donors (Lipinski definition) is 1. The first-order valence-corrected chi connectivity index (χ1v) is 6.03. The molecule has 15 heavy (non-hydrogen) atoms. The zero-order chi connectivity index (χ0) is 11.0. The summed E-state index contributed by atoms with van der Waals surface area (Å²) >= 11 is 1.11. The maximum Gasteiger partial charge on any atom is 0.0405 e. The highest BCUT2D eigenvalue weighted by Gasteiger charge is 2.01. The van der Waals surface area contributed by atoms with Crippen LogP contribution in [0.5, 0.6) is 0 Å². The second-order valence-corrected chi connectivity index (χ2v) is 4.97. The summed E-state index contributed by atoms with van der Waals surface area (Å²) in [6.07, 6.45) is 0. The third-order valence-corrected chi connectivity index (χ3v) is 3.21. The first-order valence-electron chi connectivity index (χ1n) is 4.16. The van der Waals surface area contributed by atoms with Crippen molar-refractivity contribution in [2.24, 2.45) is 0 Å². The molecule has 2 N–H and O–H groups in total. The lowest BCUT2D eigenvalue weighted by Crippen LogP contribution is -1.91. The molecule has 0 amide bonds. The molecule has 0 spiro atoms. The van der Waals surface area contributed by atoms with E-state index < -0.39 is 11.1 Å². The topological polar surface area (TPSA) is 66.2 Å². The van der Waals surface area contributed by atoms with Crippen molar-refractivity contribution in [1.82, 2.24) is 0 Å². The molecule has 5 heteroatoms. The zero-order valence-electron chi connectivity index (χ0n) is 7.57. The van der Waals surface area contributed by atoms with Gasteiger partial charge in [0.05, 0.1) is 0 Å². The molecule has 2 rings (SSSR count). The van der Waals surface area contributed by atoms with Gasteiger partial charge in [-0.3, -0.25) is 4.21 Å². The Balaban J connectivity index is 2.76. The molecule has 0 aliphatic carbocycles. The molecule has 1 unspecified atom stereocenters. The fourth-order valence-electron chi connectivity index (χ4n) is 1.44. The molecule has 0 bridgehead atoms. The van der Waals surface area contributed by atoms with Crippen LogP contribution in [0.1, 0.15) is 0 Å². The van der Waals surface area contributed by atoms with Crippen molar-refractivity contribution in [3.8, 4) is 0 Å².